The van der Waals surface area contributed by atoms with Gasteiger partial charge in [0.15, 0.2) is 0 Å². The van der Waals surface area contributed by atoms with E-state index in [1.54, 1.807) is 4.88 Å². The fraction of sp³-hybridized carbons (Fsp3) is 0.714. The van der Waals surface area contributed by atoms with Gasteiger partial charge >= 0.3 is 0 Å². The molecule has 0 bridgehead atoms. The standard InChI is InChI=1S/C14H21NS/c1-3-15-13(14-9(2)7-8-16-14)12-10-5-4-6-11(10)12/h7-8,10-13,15H,3-6H2,1-2H3. The van der Waals surface area contributed by atoms with Gasteiger partial charge in [-0.25, -0.2) is 0 Å². The van der Waals surface area contributed by atoms with Gasteiger partial charge in [0.2, 0.25) is 0 Å². The Bertz CT molecular complexity index is 361. The van der Waals surface area contributed by atoms with Gasteiger partial charge < -0.3 is 5.32 Å². The lowest BCUT2D eigenvalue weighted by molar-refractivity contribution is 0.430. The van der Waals surface area contributed by atoms with Gasteiger partial charge in [-0.2, -0.15) is 0 Å². The first-order valence-corrected chi connectivity index (χ1v) is 7.48. The molecule has 2 saturated carbocycles. The molecule has 16 heavy (non-hydrogen) atoms. The highest BCUT2D eigenvalue weighted by Gasteiger charge is 2.56. The van der Waals surface area contributed by atoms with Crippen LogP contribution < -0.4 is 5.32 Å². The van der Waals surface area contributed by atoms with Crippen molar-refractivity contribution in [1.82, 2.24) is 5.32 Å². The number of thiophene rings is 1. The molecule has 1 aromatic rings. The topological polar surface area (TPSA) is 12.0 Å². The summed E-state index contributed by atoms with van der Waals surface area (Å²) in [7, 11) is 0. The number of aryl methyl sites for hydroxylation is 1. The van der Waals surface area contributed by atoms with E-state index in [0.717, 1.165) is 24.3 Å². The van der Waals surface area contributed by atoms with Gasteiger partial charge in [-0.3, -0.25) is 0 Å². The Labute approximate surface area is 102 Å². The lowest BCUT2D eigenvalue weighted by Gasteiger charge is -2.19. The third kappa shape index (κ3) is 1.63. The second-order valence-electron chi connectivity index (χ2n) is 5.34. The molecule has 1 aromatic heterocycles. The Morgan fingerprint density at radius 1 is 1.44 bits per heavy atom. The fourth-order valence-corrected chi connectivity index (χ4v) is 4.76. The summed E-state index contributed by atoms with van der Waals surface area (Å²) in [4.78, 5) is 1.60. The molecule has 3 unspecified atom stereocenters. The van der Waals surface area contributed by atoms with Crippen molar-refractivity contribution in [1.29, 1.82) is 0 Å². The third-order valence-electron chi connectivity index (χ3n) is 4.47. The predicted molar refractivity (Wildman–Crippen MR) is 69.8 cm³/mol. The van der Waals surface area contributed by atoms with Crippen molar-refractivity contribution in [3.63, 3.8) is 0 Å². The third-order valence-corrected chi connectivity index (χ3v) is 5.57. The molecule has 3 rings (SSSR count). The zero-order valence-electron chi connectivity index (χ0n) is 10.2. The molecule has 2 aliphatic rings. The second kappa shape index (κ2) is 4.15. The highest BCUT2D eigenvalue weighted by molar-refractivity contribution is 7.10. The first kappa shape index (κ1) is 10.8. The maximum absolute atomic E-state index is 3.73. The van der Waals surface area contributed by atoms with Crippen molar-refractivity contribution >= 4 is 11.3 Å². The van der Waals surface area contributed by atoms with E-state index >= 15 is 0 Å². The van der Waals surface area contributed by atoms with Crippen LogP contribution in [0.3, 0.4) is 0 Å². The molecule has 1 heterocycles. The molecule has 2 aliphatic carbocycles. The van der Waals surface area contributed by atoms with Crippen LogP contribution in [0.4, 0.5) is 0 Å². The lowest BCUT2D eigenvalue weighted by Crippen LogP contribution is -2.24. The summed E-state index contributed by atoms with van der Waals surface area (Å²) >= 11 is 1.94. The highest BCUT2D eigenvalue weighted by Crippen LogP contribution is 2.62. The zero-order valence-corrected chi connectivity index (χ0v) is 11.0. The molecular weight excluding hydrogens is 214 g/mol. The number of nitrogens with one attached hydrogen (secondary N) is 1. The molecular formula is C14H21NS. The highest BCUT2D eigenvalue weighted by atomic mass is 32.1. The number of fused-ring (bicyclic) bond motifs is 1. The van der Waals surface area contributed by atoms with Crippen molar-refractivity contribution in [2.75, 3.05) is 6.54 Å². The minimum atomic E-state index is 0.653. The van der Waals surface area contributed by atoms with Gasteiger partial charge in [0, 0.05) is 10.9 Å². The van der Waals surface area contributed by atoms with Crippen LogP contribution in [0.5, 0.6) is 0 Å². The Morgan fingerprint density at radius 3 is 2.75 bits per heavy atom. The molecule has 88 valence electrons. The zero-order chi connectivity index (χ0) is 11.1. The van der Waals surface area contributed by atoms with Gasteiger partial charge in [0.25, 0.3) is 0 Å². The Morgan fingerprint density at radius 2 is 2.19 bits per heavy atom. The second-order valence-corrected chi connectivity index (χ2v) is 6.29. The van der Waals surface area contributed by atoms with E-state index in [2.05, 4.69) is 30.6 Å². The van der Waals surface area contributed by atoms with Crippen molar-refractivity contribution < 1.29 is 0 Å². The van der Waals surface area contributed by atoms with E-state index in [0.29, 0.717) is 6.04 Å². The maximum atomic E-state index is 3.73. The van der Waals surface area contributed by atoms with Gasteiger partial charge in [-0.15, -0.1) is 11.3 Å². The van der Waals surface area contributed by atoms with E-state index in [9.17, 15) is 0 Å². The van der Waals surface area contributed by atoms with Crippen LogP contribution in [-0.4, -0.2) is 6.54 Å². The van der Waals surface area contributed by atoms with Crippen LogP contribution in [0.25, 0.3) is 0 Å². The minimum Gasteiger partial charge on any atom is -0.309 e. The number of hydrogen-bond donors (Lipinski definition) is 1. The molecule has 0 spiro atoms. The van der Waals surface area contributed by atoms with Crippen LogP contribution in [0.15, 0.2) is 11.4 Å². The smallest absolute Gasteiger partial charge is 0.0451 e. The summed E-state index contributed by atoms with van der Waals surface area (Å²) < 4.78 is 0. The van der Waals surface area contributed by atoms with Gasteiger partial charge in [0.1, 0.15) is 0 Å². The molecule has 1 nitrogen and oxygen atoms in total. The molecule has 3 atom stereocenters. The summed E-state index contributed by atoms with van der Waals surface area (Å²) in [6.07, 6.45) is 4.46. The average molecular weight is 235 g/mol. The minimum absolute atomic E-state index is 0.653. The predicted octanol–water partition coefficient (Wildman–Crippen LogP) is 3.75. The molecule has 2 fully saturated rings. The maximum Gasteiger partial charge on any atom is 0.0451 e. The lowest BCUT2D eigenvalue weighted by atomic mass is 10.0. The van der Waals surface area contributed by atoms with Crippen LogP contribution in [0, 0.1) is 24.7 Å². The van der Waals surface area contributed by atoms with E-state index in [-0.39, 0.29) is 0 Å². The summed E-state index contributed by atoms with van der Waals surface area (Å²) in [5, 5.41) is 5.97. The largest absolute Gasteiger partial charge is 0.309 e. The van der Waals surface area contributed by atoms with Gasteiger partial charge in [-0.05, 0) is 61.1 Å². The first-order chi connectivity index (χ1) is 7.83. The Hall–Kier alpha value is -0.340. The van der Waals surface area contributed by atoms with Crippen molar-refractivity contribution in [2.24, 2.45) is 17.8 Å². The molecule has 0 radical (unpaired) electrons. The summed E-state index contributed by atoms with van der Waals surface area (Å²) in [5.41, 5.74) is 1.49. The monoisotopic (exact) mass is 235 g/mol. The normalized spacial score (nSPS) is 33.8. The van der Waals surface area contributed by atoms with Crippen LogP contribution in [0.2, 0.25) is 0 Å². The van der Waals surface area contributed by atoms with Gasteiger partial charge in [0.05, 0.1) is 0 Å². The number of rotatable bonds is 4. The van der Waals surface area contributed by atoms with Crippen molar-refractivity contribution in [3.05, 3.63) is 21.9 Å². The first-order valence-electron chi connectivity index (χ1n) is 6.60. The Kier molecular flexibility index (Phi) is 2.80. The SMILES string of the molecule is CCNC(c1sccc1C)C1C2CCCC21. The van der Waals surface area contributed by atoms with E-state index < -0.39 is 0 Å². The molecule has 2 heteroatoms. The summed E-state index contributed by atoms with van der Waals surface area (Å²) in [6.45, 7) is 5.58. The van der Waals surface area contributed by atoms with Crippen LogP contribution in [-0.2, 0) is 0 Å². The van der Waals surface area contributed by atoms with E-state index in [1.165, 1.54) is 24.8 Å². The van der Waals surface area contributed by atoms with Crippen molar-refractivity contribution in [3.8, 4) is 0 Å². The van der Waals surface area contributed by atoms with E-state index in [4.69, 9.17) is 0 Å². The molecule has 0 aliphatic heterocycles. The fourth-order valence-electron chi connectivity index (χ4n) is 3.70. The molecule has 1 N–H and O–H groups in total. The number of hydrogen-bond acceptors (Lipinski definition) is 2. The summed E-state index contributed by atoms with van der Waals surface area (Å²) in [6, 6.07) is 2.92. The van der Waals surface area contributed by atoms with E-state index in [1.807, 2.05) is 11.3 Å². The van der Waals surface area contributed by atoms with Crippen molar-refractivity contribution in [2.45, 2.75) is 39.2 Å². The van der Waals surface area contributed by atoms with Crippen LogP contribution >= 0.6 is 11.3 Å². The van der Waals surface area contributed by atoms with Gasteiger partial charge in [-0.1, -0.05) is 13.3 Å². The average Bonchev–Trinajstić information content (AvgIpc) is 2.69. The Balaban J connectivity index is 1.80. The molecule has 0 aromatic carbocycles. The quantitative estimate of drug-likeness (QED) is 0.838. The molecule has 0 saturated heterocycles. The summed E-state index contributed by atoms with van der Waals surface area (Å²) in [5.74, 6) is 3.04. The molecule has 0 amide bonds. The van der Waals surface area contributed by atoms with Crippen LogP contribution in [0.1, 0.15) is 42.7 Å².